The minimum absolute atomic E-state index is 0.269. The van der Waals surface area contributed by atoms with Crippen LogP contribution < -0.4 is 16.8 Å². The summed E-state index contributed by atoms with van der Waals surface area (Å²) in [6, 6.07) is -0.985. The first-order valence-corrected chi connectivity index (χ1v) is 9.18. The number of carboxylic acid groups (broad SMARTS) is 2. The quantitative estimate of drug-likeness (QED) is 0.182. The molecule has 0 saturated carbocycles. The van der Waals surface area contributed by atoms with Crippen LogP contribution in [0.4, 0.5) is 0 Å². The number of carbonyl (C=O) groups is 3. The molecule has 12 nitrogen and oxygen atoms in total. The van der Waals surface area contributed by atoms with Crippen LogP contribution >= 0.6 is 0 Å². The van der Waals surface area contributed by atoms with Crippen LogP contribution in [0.1, 0.15) is 39.0 Å². The molecule has 1 fully saturated rings. The van der Waals surface area contributed by atoms with Crippen LogP contribution in [0.3, 0.4) is 0 Å². The zero-order chi connectivity index (χ0) is 22.6. The van der Waals surface area contributed by atoms with E-state index in [0.29, 0.717) is 13.0 Å². The Morgan fingerprint density at radius 1 is 1.28 bits per heavy atom. The Morgan fingerprint density at radius 2 is 1.90 bits per heavy atom. The number of carboxylic acids is 2. The first-order chi connectivity index (χ1) is 13.5. The molecule has 0 spiro atoms. The largest absolute Gasteiger partial charge is 0.505 e. The molecule has 0 unspecified atom stereocenters. The molecule has 12 heteroatoms. The van der Waals surface area contributed by atoms with Crippen molar-refractivity contribution in [2.75, 3.05) is 13.1 Å². The first-order valence-electron chi connectivity index (χ1n) is 9.18. The van der Waals surface area contributed by atoms with Crippen LogP contribution in [0.15, 0.2) is 11.5 Å². The molecule has 168 valence electrons. The molecule has 0 radical (unpaired) electrons. The van der Waals surface area contributed by atoms with Crippen molar-refractivity contribution in [3.8, 4) is 0 Å². The molecule has 0 aliphatic carbocycles. The number of aliphatic carboxylic acids is 2. The lowest BCUT2D eigenvalue weighted by molar-refractivity contribution is -0.146. The number of hydrogen-bond donors (Lipinski definition) is 8. The summed E-state index contributed by atoms with van der Waals surface area (Å²) >= 11 is 0. The number of ether oxygens (including phenoxy) is 1. The van der Waals surface area contributed by atoms with Crippen LogP contribution in [0.2, 0.25) is 0 Å². The summed E-state index contributed by atoms with van der Waals surface area (Å²) in [6.07, 6.45) is 1.80. The highest BCUT2D eigenvalue weighted by atomic mass is 16.6. The van der Waals surface area contributed by atoms with Crippen molar-refractivity contribution >= 4 is 17.9 Å². The van der Waals surface area contributed by atoms with E-state index in [-0.39, 0.29) is 6.04 Å². The Bertz CT molecular complexity index is 574. The number of hydrogen-bond acceptors (Lipinski definition) is 10. The fourth-order valence-corrected chi connectivity index (χ4v) is 2.32. The molecule has 0 aromatic rings. The highest BCUT2D eigenvalue weighted by molar-refractivity contribution is 5.89. The zero-order valence-corrected chi connectivity index (χ0v) is 16.3. The standard InChI is InChI=1S/C6H14N2O2.C6H8O5.C5H9NO2/c7-4-2-1-3-5(8)6(9)10;1-2(7)5-3(8)4(9)6(10)11-5;7-5(8)4-2-1-3-6-4/h5H,1-4,7-8H2,(H,9,10);2,5,7-9H,1H3;4,6H,1-3H2,(H,7,8)/t5-;2-,5+;4-/m000/s1. The first kappa shape index (κ1) is 26.6. The normalized spacial score (nSPS) is 22.6. The zero-order valence-electron chi connectivity index (χ0n) is 16.3. The van der Waals surface area contributed by atoms with Gasteiger partial charge in [-0.05, 0) is 45.7 Å². The molecular formula is C17H31N3O9. The molecule has 2 aliphatic heterocycles. The molecule has 10 N–H and O–H groups in total. The number of cyclic esters (lactones) is 1. The van der Waals surface area contributed by atoms with Crippen LogP contribution in [0.25, 0.3) is 0 Å². The fraction of sp³-hybridized carbons (Fsp3) is 0.706. The Morgan fingerprint density at radius 3 is 2.17 bits per heavy atom. The Hall–Kier alpha value is -2.41. The summed E-state index contributed by atoms with van der Waals surface area (Å²) in [5, 5.41) is 46.1. The second kappa shape index (κ2) is 13.7. The monoisotopic (exact) mass is 421 g/mol. The molecule has 2 aliphatic rings. The van der Waals surface area contributed by atoms with Crippen molar-refractivity contribution in [2.45, 2.75) is 63.3 Å². The topological polar surface area (TPSA) is 226 Å². The summed E-state index contributed by atoms with van der Waals surface area (Å²) in [5.74, 6) is -4.09. The molecule has 2 heterocycles. The van der Waals surface area contributed by atoms with Gasteiger partial charge in [0.1, 0.15) is 12.1 Å². The number of esters is 1. The third kappa shape index (κ3) is 10.1. The number of carbonyl (C=O) groups excluding carboxylic acids is 1. The lowest BCUT2D eigenvalue weighted by Crippen LogP contribution is -2.29. The van der Waals surface area contributed by atoms with Gasteiger partial charge in [0, 0.05) is 0 Å². The van der Waals surface area contributed by atoms with Crippen LogP contribution in [-0.2, 0) is 19.1 Å². The summed E-state index contributed by atoms with van der Waals surface area (Å²) in [6.45, 7) is 2.80. The maximum atomic E-state index is 10.5. The van der Waals surface area contributed by atoms with Gasteiger partial charge in [-0.3, -0.25) is 9.59 Å². The maximum Gasteiger partial charge on any atom is 0.377 e. The predicted molar refractivity (Wildman–Crippen MR) is 101 cm³/mol. The van der Waals surface area contributed by atoms with Gasteiger partial charge in [0.15, 0.2) is 11.9 Å². The molecule has 0 bridgehead atoms. The number of aliphatic hydroxyl groups excluding tert-OH is 3. The van der Waals surface area contributed by atoms with Gasteiger partial charge in [0.05, 0.1) is 6.10 Å². The van der Waals surface area contributed by atoms with Crippen molar-refractivity contribution in [3.05, 3.63) is 11.5 Å². The van der Waals surface area contributed by atoms with Gasteiger partial charge in [-0.25, -0.2) is 4.79 Å². The summed E-state index contributed by atoms with van der Waals surface area (Å²) in [4.78, 5) is 30.8. The summed E-state index contributed by atoms with van der Waals surface area (Å²) in [7, 11) is 0. The lowest BCUT2D eigenvalue weighted by atomic mass is 10.1. The van der Waals surface area contributed by atoms with Crippen molar-refractivity contribution < 1.29 is 44.7 Å². The Balaban J connectivity index is 0.000000410. The number of unbranched alkanes of at least 4 members (excludes halogenated alkanes) is 1. The summed E-state index contributed by atoms with van der Waals surface area (Å²) in [5.41, 5.74) is 10.4. The third-order valence-electron chi connectivity index (χ3n) is 4.02. The van der Waals surface area contributed by atoms with Gasteiger partial charge in [0.2, 0.25) is 5.76 Å². The second-order valence-electron chi connectivity index (χ2n) is 6.52. The Kier molecular flexibility index (Phi) is 12.6. The molecule has 4 atom stereocenters. The molecular weight excluding hydrogens is 390 g/mol. The number of nitrogens with two attached hydrogens (primary N) is 2. The third-order valence-corrected chi connectivity index (χ3v) is 4.02. The number of nitrogens with one attached hydrogen (secondary N) is 1. The molecule has 29 heavy (non-hydrogen) atoms. The summed E-state index contributed by atoms with van der Waals surface area (Å²) < 4.78 is 4.38. The smallest absolute Gasteiger partial charge is 0.377 e. The molecule has 0 aromatic heterocycles. The van der Waals surface area contributed by atoms with E-state index in [9.17, 15) is 14.4 Å². The van der Waals surface area contributed by atoms with Crippen LogP contribution in [0, 0.1) is 0 Å². The van der Waals surface area contributed by atoms with E-state index < -0.39 is 47.7 Å². The molecule has 2 rings (SSSR count). The second-order valence-corrected chi connectivity index (χ2v) is 6.52. The van der Waals surface area contributed by atoms with Crippen molar-refractivity contribution in [1.29, 1.82) is 0 Å². The average molecular weight is 421 g/mol. The average Bonchev–Trinajstić information content (AvgIpc) is 3.28. The van der Waals surface area contributed by atoms with Gasteiger partial charge < -0.3 is 47.1 Å². The van der Waals surface area contributed by atoms with E-state index in [2.05, 4.69) is 10.1 Å². The van der Waals surface area contributed by atoms with Crippen molar-refractivity contribution in [1.82, 2.24) is 5.32 Å². The minimum atomic E-state index is -1.12. The molecule has 1 saturated heterocycles. The van der Waals surface area contributed by atoms with E-state index in [1.54, 1.807) is 0 Å². The van der Waals surface area contributed by atoms with Crippen LogP contribution in [-0.4, -0.2) is 80.8 Å². The van der Waals surface area contributed by atoms with Crippen molar-refractivity contribution in [2.24, 2.45) is 11.5 Å². The Labute approximate surface area is 168 Å². The van der Waals surface area contributed by atoms with E-state index in [1.165, 1.54) is 6.92 Å². The van der Waals surface area contributed by atoms with E-state index in [4.69, 9.17) is 37.0 Å². The SMILES string of the molecule is C[C@H](O)[C@H]1OC(=O)C(O)=C1O.NCCCC[C@H](N)C(=O)O.O=C(O)[C@@H]1CCCN1. The fourth-order valence-electron chi connectivity index (χ4n) is 2.32. The van der Waals surface area contributed by atoms with Gasteiger partial charge in [-0.2, -0.15) is 0 Å². The molecule has 0 amide bonds. The van der Waals surface area contributed by atoms with E-state index in [0.717, 1.165) is 32.2 Å². The number of rotatable bonds is 7. The highest BCUT2D eigenvalue weighted by Crippen LogP contribution is 2.20. The van der Waals surface area contributed by atoms with Gasteiger partial charge >= 0.3 is 17.9 Å². The van der Waals surface area contributed by atoms with E-state index in [1.807, 2.05) is 0 Å². The highest BCUT2D eigenvalue weighted by Gasteiger charge is 2.37. The van der Waals surface area contributed by atoms with Gasteiger partial charge in [0.25, 0.3) is 0 Å². The van der Waals surface area contributed by atoms with Crippen molar-refractivity contribution in [3.63, 3.8) is 0 Å². The van der Waals surface area contributed by atoms with E-state index >= 15 is 0 Å². The lowest BCUT2D eigenvalue weighted by Gasteiger charge is -2.11. The number of aliphatic hydroxyl groups is 3. The minimum Gasteiger partial charge on any atom is -0.505 e. The van der Waals surface area contributed by atoms with Gasteiger partial charge in [-0.15, -0.1) is 0 Å². The van der Waals surface area contributed by atoms with Crippen LogP contribution in [0.5, 0.6) is 0 Å². The van der Waals surface area contributed by atoms with Gasteiger partial charge in [-0.1, -0.05) is 6.42 Å². The maximum absolute atomic E-state index is 10.5. The predicted octanol–water partition coefficient (Wildman–Crippen LogP) is -1.03. The molecule has 0 aromatic carbocycles.